The number of halogens is 3. The summed E-state index contributed by atoms with van der Waals surface area (Å²) < 4.78 is 39.1. The maximum absolute atomic E-state index is 13.4. The molecular formula is C13H14F3NO3. The first kappa shape index (κ1) is 16.0. The average Bonchev–Trinajstić information content (AvgIpc) is 2.38. The Balaban J connectivity index is 2.89. The summed E-state index contributed by atoms with van der Waals surface area (Å²) in [4.78, 5) is 22.6. The molecule has 0 aromatic heterocycles. The van der Waals surface area contributed by atoms with Crippen molar-refractivity contribution >= 4 is 11.9 Å². The minimum Gasteiger partial charge on any atom is -0.480 e. The molecule has 1 aromatic carbocycles. The van der Waals surface area contributed by atoms with E-state index in [4.69, 9.17) is 5.11 Å². The fraction of sp³-hybridized carbons (Fsp3) is 0.385. The minimum absolute atomic E-state index is 0.170. The minimum atomic E-state index is -1.42. The molecule has 110 valence electrons. The lowest BCUT2D eigenvalue weighted by atomic mass is 10.1. The van der Waals surface area contributed by atoms with Crippen LogP contribution in [0, 0.1) is 17.5 Å². The van der Waals surface area contributed by atoms with Gasteiger partial charge in [-0.1, -0.05) is 19.8 Å². The lowest BCUT2D eigenvalue weighted by Gasteiger charge is -2.14. The van der Waals surface area contributed by atoms with Gasteiger partial charge in [0.15, 0.2) is 11.6 Å². The fourth-order valence-corrected chi connectivity index (χ4v) is 1.60. The molecular weight excluding hydrogens is 275 g/mol. The molecule has 0 aliphatic carbocycles. The van der Waals surface area contributed by atoms with Gasteiger partial charge in [0.2, 0.25) is 0 Å². The number of carboxylic acid groups (broad SMARTS) is 1. The van der Waals surface area contributed by atoms with Gasteiger partial charge in [-0.2, -0.15) is 0 Å². The summed E-state index contributed by atoms with van der Waals surface area (Å²) in [7, 11) is 0. The first-order valence-electron chi connectivity index (χ1n) is 6.05. The van der Waals surface area contributed by atoms with Gasteiger partial charge < -0.3 is 10.4 Å². The highest BCUT2D eigenvalue weighted by atomic mass is 19.2. The van der Waals surface area contributed by atoms with Gasteiger partial charge in [0.1, 0.15) is 11.9 Å². The molecule has 0 heterocycles. The van der Waals surface area contributed by atoms with Crippen molar-refractivity contribution in [3.05, 3.63) is 35.1 Å². The zero-order valence-electron chi connectivity index (χ0n) is 10.8. The van der Waals surface area contributed by atoms with Crippen LogP contribution in [0.25, 0.3) is 0 Å². The van der Waals surface area contributed by atoms with Crippen LogP contribution in [0.3, 0.4) is 0 Å². The maximum Gasteiger partial charge on any atom is 0.326 e. The van der Waals surface area contributed by atoms with Gasteiger partial charge >= 0.3 is 5.97 Å². The third-order valence-corrected chi connectivity index (χ3v) is 2.70. The molecule has 0 aliphatic heterocycles. The van der Waals surface area contributed by atoms with Crippen LogP contribution >= 0.6 is 0 Å². The molecule has 0 saturated heterocycles. The van der Waals surface area contributed by atoms with E-state index in [0.717, 1.165) is 6.42 Å². The zero-order valence-corrected chi connectivity index (χ0v) is 10.8. The fourth-order valence-electron chi connectivity index (χ4n) is 1.60. The number of aliphatic carboxylic acids is 1. The number of nitrogens with one attached hydrogen (secondary N) is 1. The molecule has 0 radical (unpaired) electrons. The summed E-state index contributed by atoms with van der Waals surface area (Å²) >= 11 is 0. The number of hydrogen-bond donors (Lipinski definition) is 2. The highest BCUT2D eigenvalue weighted by molar-refractivity contribution is 5.96. The van der Waals surface area contributed by atoms with Gasteiger partial charge in [0.25, 0.3) is 5.91 Å². The Hall–Kier alpha value is -2.05. The van der Waals surface area contributed by atoms with E-state index in [9.17, 15) is 22.8 Å². The number of carbonyl (C=O) groups is 2. The van der Waals surface area contributed by atoms with Crippen LogP contribution in [0.1, 0.15) is 36.5 Å². The van der Waals surface area contributed by atoms with E-state index in [-0.39, 0.29) is 12.5 Å². The average molecular weight is 289 g/mol. The summed E-state index contributed by atoms with van der Waals surface area (Å²) in [5.74, 6) is -6.41. The van der Waals surface area contributed by atoms with Crippen LogP contribution < -0.4 is 5.32 Å². The van der Waals surface area contributed by atoms with E-state index in [1.54, 1.807) is 0 Å². The van der Waals surface area contributed by atoms with Crippen LogP contribution in [-0.2, 0) is 4.79 Å². The number of amides is 1. The van der Waals surface area contributed by atoms with Crippen molar-refractivity contribution in [1.29, 1.82) is 0 Å². The highest BCUT2D eigenvalue weighted by Crippen LogP contribution is 2.14. The molecule has 0 fully saturated rings. The molecule has 0 bridgehead atoms. The van der Waals surface area contributed by atoms with Crippen molar-refractivity contribution in [2.24, 2.45) is 0 Å². The molecule has 0 spiro atoms. The van der Waals surface area contributed by atoms with Crippen LogP contribution in [0.15, 0.2) is 12.1 Å². The molecule has 7 heteroatoms. The first-order valence-corrected chi connectivity index (χ1v) is 6.05. The van der Waals surface area contributed by atoms with Crippen molar-refractivity contribution < 1.29 is 27.9 Å². The molecule has 0 aliphatic rings. The van der Waals surface area contributed by atoms with Crippen molar-refractivity contribution in [2.45, 2.75) is 32.2 Å². The predicted octanol–water partition coefficient (Wildman–Crippen LogP) is 2.48. The Morgan fingerprint density at radius 1 is 1.20 bits per heavy atom. The molecule has 0 unspecified atom stereocenters. The van der Waals surface area contributed by atoms with Gasteiger partial charge in [-0.25, -0.2) is 18.0 Å². The van der Waals surface area contributed by atoms with Crippen LogP contribution in [0.2, 0.25) is 0 Å². The molecule has 1 aromatic rings. The van der Waals surface area contributed by atoms with Crippen molar-refractivity contribution in [3.8, 4) is 0 Å². The second-order valence-corrected chi connectivity index (χ2v) is 4.25. The molecule has 1 atom stereocenters. The number of unbranched alkanes of at least 4 members (excludes halogenated alkanes) is 1. The quantitative estimate of drug-likeness (QED) is 0.791. The Morgan fingerprint density at radius 2 is 1.80 bits per heavy atom. The molecule has 2 N–H and O–H groups in total. The molecule has 1 rings (SSSR count). The summed E-state index contributed by atoms with van der Waals surface area (Å²) in [5.41, 5.74) is -0.730. The Morgan fingerprint density at radius 3 is 2.35 bits per heavy atom. The second kappa shape index (κ2) is 6.93. The topological polar surface area (TPSA) is 66.4 Å². The third-order valence-electron chi connectivity index (χ3n) is 2.70. The highest BCUT2D eigenvalue weighted by Gasteiger charge is 2.23. The van der Waals surface area contributed by atoms with Crippen molar-refractivity contribution in [3.63, 3.8) is 0 Å². The molecule has 4 nitrogen and oxygen atoms in total. The van der Waals surface area contributed by atoms with Crippen LogP contribution in [0.5, 0.6) is 0 Å². The lowest BCUT2D eigenvalue weighted by Crippen LogP contribution is -2.41. The second-order valence-electron chi connectivity index (χ2n) is 4.25. The van der Waals surface area contributed by atoms with Crippen molar-refractivity contribution in [2.75, 3.05) is 0 Å². The van der Waals surface area contributed by atoms with Gasteiger partial charge in [-0.15, -0.1) is 0 Å². The number of rotatable bonds is 6. The summed E-state index contributed by atoms with van der Waals surface area (Å²) in [5, 5.41) is 11.0. The third kappa shape index (κ3) is 3.97. The van der Waals surface area contributed by atoms with E-state index < -0.39 is 40.9 Å². The van der Waals surface area contributed by atoms with E-state index in [0.29, 0.717) is 12.5 Å². The summed E-state index contributed by atoms with van der Waals surface area (Å²) in [6, 6.07) is -0.555. The number of benzene rings is 1. The monoisotopic (exact) mass is 289 g/mol. The maximum atomic E-state index is 13.4. The van der Waals surface area contributed by atoms with Crippen molar-refractivity contribution in [1.82, 2.24) is 5.32 Å². The van der Waals surface area contributed by atoms with Crippen LogP contribution in [-0.4, -0.2) is 23.0 Å². The van der Waals surface area contributed by atoms with E-state index in [1.165, 1.54) is 0 Å². The predicted molar refractivity (Wildman–Crippen MR) is 64.7 cm³/mol. The van der Waals surface area contributed by atoms with E-state index in [2.05, 4.69) is 5.32 Å². The molecule has 20 heavy (non-hydrogen) atoms. The largest absolute Gasteiger partial charge is 0.480 e. The Kier molecular flexibility index (Phi) is 5.54. The number of carbonyl (C=O) groups excluding carboxylic acids is 1. The van der Waals surface area contributed by atoms with Gasteiger partial charge in [-0.05, 0) is 12.5 Å². The molecule has 0 saturated carbocycles. The lowest BCUT2D eigenvalue weighted by molar-refractivity contribution is -0.139. The normalized spacial score (nSPS) is 12.0. The first-order chi connectivity index (χ1) is 9.36. The zero-order chi connectivity index (χ0) is 15.3. The van der Waals surface area contributed by atoms with E-state index >= 15 is 0 Å². The van der Waals surface area contributed by atoms with Gasteiger partial charge in [0, 0.05) is 6.07 Å². The smallest absolute Gasteiger partial charge is 0.326 e. The molecule has 1 amide bonds. The summed E-state index contributed by atoms with van der Waals surface area (Å²) in [6.07, 6.45) is 1.44. The Labute approximate surface area is 113 Å². The van der Waals surface area contributed by atoms with Gasteiger partial charge in [0.05, 0.1) is 5.56 Å². The van der Waals surface area contributed by atoms with E-state index in [1.807, 2.05) is 6.92 Å². The van der Waals surface area contributed by atoms with Crippen LogP contribution in [0.4, 0.5) is 13.2 Å². The standard InChI is InChI=1S/C13H14F3NO3/c1-2-3-4-11(13(19)20)17-12(18)7-5-9(15)10(16)6-8(7)14/h5-6,11H,2-4H2,1H3,(H,17,18)(H,19,20)/t11-/m0/s1. The number of carboxylic acids is 1. The Bertz CT molecular complexity index is 520. The summed E-state index contributed by atoms with van der Waals surface area (Å²) in [6.45, 7) is 1.84. The number of hydrogen-bond acceptors (Lipinski definition) is 2. The van der Waals surface area contributed by atoms with Gasteiger partial charge in [-0.3, -0.25) is 4.79 Å². The SMILES string of the molecule is CCCC[C@H](NC(=O)c1cc(F)c(F)cc1F)C(=O)O.